The van der Waals surface area contributed by atoms with Gasteiger partial charge in [-0.25, -0.2) is 0 Å². The molecule has 2 heterocycles. The summed E-state index contributed by atoms with van der Waals surface area (Å²) in [6.45, 7) is 1.81. The Kier molecular flexibility index (Phi) is 3.79. The largest absolute Gasteiger partial charge is 0.361 e. The van der Waals surface area contributed by atoms with Crippen LogP contribution in [-0.2, 0) is 11.2 Å². The number of carbonyl (C=O) groups excluding carboxylic acids is 1. The molecular weight excluding hydrogens is 266 g/mol. The smallest absolute Gasteiger partial charge is 0.222 e. The summed E-state index contributed by atoms with van der Waals surface area (Å²) in [5.74, 6) is 0.321. The first-order chi connectivity index (χ1) is 10.3. The molecule has 1 atom stereocenters. The Morgan fingerprint density at radius 3 is 3.19 bits per heavy atom. The van der Waals surface area contributed by atoms with Crippen LogP contribution in [0.25, 0.3) is 21.3 Å². The molecular formula is C15H17N5O. The van der Waals surface area contributed by atoms with Gasteiger partial charge in [-0.1, -0.05) is 23.3 Å². The first-order valence-corrected chi connectivity index (χ1v) is 7.11. The molecule has 1 saturated heterocycles. The van der Waals surface area contributed by atoms with E-state index in [-0.39, 0.29) is 11.8 Å². The van der Waals surface area contributed by atoms with E-state index in [0.717, 1.165) is 11.9 Å². The fourth-order valence-electron chi connectivity index (χ4n) is 2.96. The van der Waals surface area contributed by atoms with Crippen molar-refractivity contribution in [2.45, 2.75) is 12.8 Å². The van der Waals surface area contributed by atoms with E-state index in [9.17, 15) is 4.79 Å². The summed E-state index contributed by atoms with van der Waals surface area (Å²) >= 11 is 0. The summed E-state index contributed by atoms with van der Waals surface area (Å²) in [6.07, 6.45) is 3.26. The molecule has 2 aromatic rings. The van der Waals surface area contributed by atoms with Crippen molar-refractivity contribution >= 4 is 16.8 Å². The lowest BCUT2D eigenvalue weighted by atomic mass is 10.1. The molecule has 21 heavy (non-hydrogen) atoms. The molecule has 1 unspecified atom stereocenters. The van der Waals surface area contributed by atoms with Crippen molar-refractivity contribution in [1.82, 2.24) is 9.88 Å². The lowest BCUT2D eigenvalue weighted by Gasteiger charge is -2.16. The van der Waals surface area contributed by atoms with E-state index >= 15 is 0 Å². The first-order valence-electron chi connectivity index (χ1n) is 7.11. The van der Waals surface area contributed by atoms with Crippen molar-refractivity contribution in [3.8, 4) is 0 Å². The molecule has 0 bridgehead atoms. The Balaban J connectivity index is 1.64. The van der Waals surface area contributed by atoms with E-state index in [0.29, 0.717) is 26.1 Å². The van der Waals surface area contributed by atoms with Crippen LogP contribution in [0, 0.1) is 5.92 Å². The molecule has 1 aromatic carbocycles. The Labute approximate surface area is 122 Å². The maximum Gasteiger partial charge on any atom is 0.222 e. The van der Waals surface area contributed by atoms with E-state index in [2.05, 4.69) is 33.2 Å². The Morgan fingerprint density at radius 1 is 1.43 bits per heavy atom. The van der Waals surface area contributed by atoms with Gasteiger partial charge in [-0.15, -0.1) is 0 Å². The van der Waals surface area contributed by atoms with E-state index in [1.807, 2.05) is 17.2 Å². The van der Waals surface area contributed by atoms with Crippen LogP contribution in [-0.4, -0.2) is 35.4 Å². The van der Waals surface area contributed by atoms with Gasteiger partial charge in [-0.05, 0) is 34.9 Å². The monoisotopic (exact) mass is 283 g/mol. The average Bonchev–Trinajstić information content (AvgIpc) is 3.09. The van der Waals surface area contributed by atoms with Crippen LogP contribution in [0.1, 0.15) is 12.0 Å². The van der Waals surface area contributed by atoms with E-state index in [1.54, 1.807) is 0 Å². The minimum Gasteiger partial charge on any atom is -0.361 e. The van der Waals surface area contributed by atoms with Gasteiger partial charge in [-0.3, -0.25) is 4.79 Å². The van der Waals surface area contributed by atoms with E-state index in [4.69, 9.17) is 5.53 Å². The second-order valence-corrected chi connectivity index (χ2v) is 5.43. The minimum atomic E-state index is 0.159. The van der Waals surface area contributed by atoms with Gasteiger partial charge < -0.3 is 9.88 Å². The molecule has 1 aliphatic rings. The molecule has 3 rings (SSSR count). The maximum absolute atomic E-state index is 12.0. The second-order valence-electron chi connectivity index (χ2n) is 5.43. The van der Waals surface area contributed by atoms with Crippen molar-refractivity contribution in [2.75, 3.05) is 19.6 Å². The number of amides is 1. The van der Waals surface area contributed by atoms with Crippen LogP contribution in [0.3, 0.4) is 0 Å². The molecule has 0 aliphatic carbocycles. The summed E-state index contributed by atoms with van der Waals surface area (Å²) < 4.78 is 0. The van der Waals surface area contributed by atoms with Crippen LogP contribution >= 0.6 is 0 Å². The number of carbonyl (C=O) groups is 1. The van der Waals surface area contributed by atoms with Crippen LogP contribution in [0.5, 0.6) is 0 Å². The number of aromatic nitrogens is 1. The summed E-state index contributed by atoms with van der Waals surface area (Å²) in [6, 6.07) is 8.26. The summed E-state index contributed by atoms with van der Waals surface area (Å²) in [5, 5.41) is 4.77. The highest BCUT2D eigenvalue weighted by molar-refractivity contribution is 5.82. The van der Waals surface area contributed by atoms with Gasteiger partial charge in [0.2, 0.25) is 5.91 Å². The van der Waals surface area contributed by atoms with E-state index in [1.165, 1.54) is 10.9 Å². The lowest BCUT2D eigenvalue weighted by molar-refractivity contribution is -0.127. The number of azide groups is 1. The molecule has 6 heteroatoms. The predicted molar refractivity (Wildman–Crippen MR) is 80.7 cm³/mol. The number of aromatic amines is 1. The van der Waals surface area contributed by atoms with Gasteiger partial charge in [0.05, 0.1) is 0 Å². The number of likely N-dealkylation sites (tertiary alicyclic amines) is 1. The van der Waals surface area contributed by atoms with Crippen molar-refractivity contribution in [2.24, 2.45) is 11.0 Å². The van der Waals surface area contributed by atoms with Crippen molar-refractivity contribution in [3.63, 3.8) is 0 Å². The van der Waals surface area contributed by atoms with Crippen molar-refractivity contribution < 1.29 is 4.79 Å². The molecule has 1 aromatic heterocycles. The van der Waals surface area contributed by atoms with Crippen LogP contribution in [0.4, 0.5) is 0 Å². The van der Waals surface area contributed by atoms with Crippen LogP contribution in [0.2, 0.25) is 0 Å². The van der Waals surface area contributed by atoms with Gasteiger partial charge in [0.1, 0.15) is 0 Å². The Hall–Kier alpha value is -2.46. The van der Waals surface area contributed by atoms with Crippen molar-refractivity contribution in [1.29, 1.82) is 0 Å². The molecule has 1 N–H and O–H groups in total. The summed E-state index contributed by atoms with van der Waals surface area (Å²) in [7, 11) is 0. The summed E-state index contributed by atoms with van der Waals surface area (Å²) in [5.41, 5.74) is 10.7. The third kappa shape index (κ3) is 2.85. The lowest BCUT2D eigenvalue weighted by Crippen LogP contribution is -2.27. The highest BCUT2D eigenvalue weighted by atomic mass is 16.2. The number of rotatable bonds is 5. The molecule has 0 radical (unpaired) electrons. The molecule has 1 aliphatic heterocycles. The predicted octanol–water partition coefficient (Wildman–Crippen LogP) is 2.87. The standard InChI is InChI=1S/C15H17N5O/c16-19-18-9-11-8-14(21)20(10-11)7-5-13-3-1-2-12-4-6-17-15(12)13/h1-4,6,11,17H,5,7-10H2. The van der Waals surface area contributed by atoms with Crippen molar-refractivity contribution in [3.05, 3.63) is 46.5 Å². The summed E-state index contributed by atoms with van der Waals surface area (Å²) in [4.78, 5) is 19.9. The second kappa shape index (κ2) is 5.89. The highest BCUT2D eigenvalue weighted by Crippen LogP contribution is 2.21. The number of para-hydroxylation sites is 1. The third-order valence-electron chi connectivity index (χ3n) is 4.02. The third-order valence-corrected chi connectivity index (χ3v) is 4.02. The number of hydrogen-bond acceptors (Lipinski definition) is 2. The zero-order chi connectivity index (χ0) is 14.7. The molecule has 0 spiro atoms. The quantitative estimate of drug-likeness (QED) is 0.510. The fourth-order valence-corrected chi connectivity index (χ4v) is 2.96. The molecule has 1 amide bonds. The maximum atomic E-state index is 12.0. The molecule has 6 nitrogen and oxygen atoms in total. The van der Waals surface area contributed by atoms with E-state index < -0.39 is 0 Å². The molecule has 0 saturated carbocycles. The van der Waals surface area contributed by atoms with Gasteiger partial charge in [0.15, 0.2) is 0 Å². The normalized spacial score (nSPS) is 18.2. The highest BCUT2D eigenvalue weighted by Gasteiger charge is 2.28. The number of H-pyrrole nitrogens is 1. The number of hydrogen-bond donors (Lipinski definition) is 1. The van der Waals surface area contributed by atoms with Crippen LogP contribution < -0.4 is 0 Å². The number of benzene rings is 1. The van der Waals surface area contributed by atoms with Gasteiger partial charge in [-0.2, -0.15) is 0 Å². The molecule has 1 fully saturated rings. The molecule has 108 valence electrons. The zero-order valence-corrected chi connectivity index (χ0v) is 11.7. The number of nitrogens with zero attached hydrogens (tertiary/aromatic N) is 4. The SMILES string of the molecule is [N-]=[N+]=NCC1CC(=O)N(CCc2cccc3cc[nH]c23)C1. The topological polar surface area (TPSA) is 84.9 Å². The minimum absolute atomic E-state index is 0.159. The van der Waals surface area contributed by atoms with Gasteiger partial charge in [0.25, 0.3) is 0 Å². The average molecular weight is 283 g/mol. The first kappa shape index (κ1) is 13.5. The Morgan fingerprint density at radius 2 is 2.33 bits per heavy atom. The van der Waals surface area contributed by atoms with Gasteiger partial charge in [0, 0.05) is 42.7 Å². The Bertz CT molecular complexity index is 701. The fraction of sp³-hybridized carbons (Fsp3) is 0.400. The number of fused-ring (bicyclic) bond motifs is 1. The van der Waals surface area contributed by atoms with Crippen LogP contribution in [0.15, 0.2) is 35.6 Å². The zero-order valence-electron chi connectivity index (χ0n) is 11.7. The van der Waals surface area contributed by atoms with Gasteiger partial charge >= 0.3 is 0 Å². The number of nitrogens with one attached hydrogen (secondary N) is 1.